The Morgan fingerprint density at radius 2 is 1.96 bits per heavy atom. The highest BCUT2D eigenvalue weighted by molar-refractivity contribution is 8.00. The summed E-state index contributed by atoms with van der Waals surface area (Å²) in [5, 5.41) is 3.37. The van der Waals surface area contributed by atoms with E-state index in [-0.39, 0.29) is 11.5 Å². The molecule has 0 saturated carbocycles. The molecule has 134 valence electrons. The predicted octanol–water partition coefficient (Wildman–Crippen LogP) is 3.44. The highest BCUT2D eigenvalue weighted by Gasteiger charge is 2.16. The minimum atomic E-state index is -0.425. The average molecular weight is 369 g/mol. The lowest BCUT2D eigenvalue weighted by Crippen LogP contribution is -2.23. The van der Waals surface area contributed by atoms with Crippen molar-refractivity contribution in [2.75, 3.05) is 11.9 Å². The second-order valence-corrected chi connectivity index (χ2v) is 6.92. The number of thioether (sulfide) groups is 1. The lowest BCUT2D eigenvalue weighted by Gasteiger charge is -2.12. The Bertz CT molecular complexity index is 970. The third kappa shape index (κ3) is 4.23. The molecule has 0 aliphatic rings. The number of benzene rings is 2. The third-order valence-electron chi connectivity index (χ3n) is 3.68. The van der Waals surface area contributed by atoms with Gasteiger partial charge in [-0.3, -0.25) is 9.59 Å². The van der Waals surface area contributed by atoms with Crippen LogP contribution < -0.4 is 15.6 Å². The molecule has 0 spiro atoms. The van der Waals surface area contributed by atoms with E-state index in [2.05, 4.69) is 15.3 Å². The lowest BCUT2D eigenvalue weighted by atomic mass is 10.2. The maximum atomic E-state index is 12.4. The number of carbonyl (C=O) groups excluding carboxylic acids is 1. The number of aromatic amines is 1. The van der Waals surface area contributed by atoms with E-state index in [1.807, 2.05) is 13.0 Å². The Morgan fingerprint density at radius 1 is 1.23 bits per heavy atom. The zero-order valence-electron chi connectivity index (χ0n) is 14.5. The molecule has 0 aliphatic carbocycles. The van der Waals surface area contributed by atoms with Crippen molar-refractivity contribution in [1.29, 1.82) is 0 Å². The van der Waals surface area contributed by atoms with Crippen LogP contribution in [0, 0.1) is 0 Å². The second-order valence-electron chi connectivity index (χ2n) is 5.59. The molecule has 0 aliphatic heterocycles. The fourth-order valence-electron chi connectivity index (χ4n) is 2.39. The SMILES string of the molecule is CCOc1ccc(NC(=O)C(C)Sc2nc3ccccc3c(=O)[nH]2)cc1. The van der Waals surface area contributed by atoms with E-state index in [1.54, 1.807) is 49.4 Å². The van der Waals surface area contributed by atoms with E-state index in [1.165, 1.54) is 11.8 Å². The summed E-state index contributed by atoms with van der Waals surface area (Å²) in [6.45, 7) is 4.28. The van der Waals surface area contributed by atoms with Crippen LogP contribution in [-0.2, 0) is 4.79 Å². The molecule has 1 unspecified atom stereocenters. The first kappa shape index (κ1) is 18.0. The van der Waals surface area contributed by atoms with Gasteiger partial charge in [-0.2, -0.15) is 0 Å². The number of fused-ring (bicyclic) bond motifs is 1. The minimum absolute atomic E-state index is 0.171. The second kappa shape index (κ2) is 8.05. The number of rotatable bonds is 6. The zero-order chi connectivity index (χ0) is 18.5. The van der Waals surface area contributed by atoms with Gasteiger partial charge in [0.15, 0.2) is 5.16 Å². The first-order valence-corrected chi connectivity index (χ1v) is 9.14. The van der Waals surface area contributed by atoms with Gasteiger partial charge in [-0.05, 0) is 50.2 Å². The molecule has 3 rings (SSSR count). The Morgan fingerprint density at radius 3 is 2.69 bits per heavy atom. The van der Waals surface area contributed by atoms with Gasteiger partial charge in [-0.25, -0.2) is 4.98 Å². The van der Waals surface area contributed by atoms with Gasteiger partial charge in [-0.1, -0.05) is 23.9 Å². The quantitative estimate of drug-likeness (QED) is 0.514. The number of hydrogen-bond acceptors (Lipinski definition) is 5. The van der Waals surface area contributed by atoms with Crippen LogP contribution in [0.25, 0.3) is 10.9 Å². The molecular weight excluding hydrogens is 350 g/mol. The summed E-state index contributed by atoms with van der Waals surface area (Å²) in [5.74, 6) is 0.584. The van der Waals surface area contributed by atoms with E-state index in [4.69, 9.17) is 4.74 Å². The predicted molar refractivity (Wildman–Crippen MR) is 104 cm³/mol. The maximum Gasteiger partial charge on any atom is 0.259 e. The average Bonchev–Trinajstić information content (AvgIpc) is 2.63. The van der Waals surface area contributed by atoms with Crippen LogP contribution >= 0.6 is 11.8 Å². The number of ether oxygens (including phenoxy) is 1. The molecule has 2 N–H and O–H groups in total. The van der Waals surface area contributed by atoms with Crippen LogP contribution in [0.1, 0.15) is 13.8 Å². The number of hydrogen-bond donors (Lipinski definition) is 2. The molecule has 7 heteroatoms. The number of amides is 1. The van der Waals surface area contributed by atoms with Crippen molar-refractivity contribution in [1.82, 2.24) is 9.97 Å². The fraction of sp³-hybridized carbons (Fsp3) is 0.211. The van der Waals surface area contributed by atoms with Gasteiger partial charge in [0.2, 0.25) is 5.91 Å². The van der Waals surface area contributed by atoms with Crippen LogP contribution in [-0.4, -0.2) is 27.7 Å². The fourth-order valence-corrected chi connectivity index (χ4v) is 3.19. The number of aromatic nitrogens is 2. The molecule has 26 heavy (non-hydrogen) atoms. The van der Waals surface area contributed by atoms with Crippen LogP contribution in [0.2, 0.25) is 0 Å². The summed E-state index contributed by atoms with van der Waals surface area (Å²) in [5.41, 5.74) is 1.08. The molecule has 0 fully saturated rings. The standard InChI is InChI=1S/C19H19N3O3S/c1-3-25-14-10-8-13(9-11-14)20-17(23)12(2)26-19-21-16-7-5-4-6-15(16)18(24)22-19/h4-12H,3H2,1-2H3,(H,20,23)(H,21,22,24). The largest absolute Gasteiger partial charge is 0.494 e. The number of carbonyl (C=O) groups is 1. The number of nitrogens with zero attached hydrogens (tertiary/aromatic N) is 1. The van der Waals surface area contributed by atoms with Crippen molar-refractivity contribution in [3.63, 3.8) is 0 Å². The normalized spacial score (nSPS) is 11.9. The van der Waals surface area contributed by atoms with Gasteiger partial charge in [0, 0.05) is 5.69 Å². The lowest BCUT2D eigenvalue weighted by molar-refractivity contribution is -0.115. The summed E-state index contributed by atoms with van der Waals surface area (Å²) in [6.07, 6.45) is 0. The van der Waals surface area contributed by atoms with Gasteiger partial charge in [0.25, 0.3) is 5.56 Å². The van der Waals surface area contributed by atoms with Gasteiger partial charge in [-0.15, -0.1) is 0 Å². The minimum Gasteiger partial charge on any atom is -0.494 e. The molecule has 0 bridgehead atoms. The van der Waals surface area contributed by atoms with Crippen molar-refractivity contribution < 1.29 is 9.53 Å². The summed E-state index contributed by atoms with van der Waals surface area (Å²) in [6, 6.07) is 14.3. The summed E-state index contributed by atoms with van der Waals surface area (Å²) in [7, 11) is 0. The molecule has 1 amide bonds. The van der Waals surface area contributed by atoms with Gasteiger partial charge >= 0.3 is 0 Å². The zero-order valence-corrected chi connectivity index (χ0v) is 15.3. The van der Waals surface area contributed by atoms with Gasteiger partial charge < -0.3 is 15.0 Å². The molecule has 3 aromatic rings. The molecular formula is C19H19N3O3S. The van der Waals surface area contributed by atoms with Crippen molar-refractivity contribution >= 4 is 34.3 Å². The highest BCUT2D eigenvalue weighted by atomic mass is 32.2. The van der Waals surface area contributed by atoms with E-state index in [0.717, 1.165) is 5.75 Å². The maximum absolute atomic E-state index is 12.4. The Hall–Kier alpha value is -2.80. The van der Waals surface area contributed by atoms with Crippen molar-refractivity contribution in [2.45, 2.75) is 24.3 Å². The summed E-state index contributed by atoms with van der Waals surface area (Å²) >= 11 is 1.21. The Kier molecular flexibility index (Phi) is 5.58. The van der Waals surface area contributed by atoms with Crippen LogP contribution in [0.15, 0.2) is 58.5 Å². The van der Waals surface area contributed by atoms with Crippen molar-refractivity contribution in [3.8, 4) is 5.75 Å². The monoisotopic (exact) mass is 369 g/mol. The Labute approximate surface area is 155 Å². The van der Waals surface area contributed by atoms with Gasteiger partial charge in [0.1, 0.15) is 5.75 Å². The van der Waals surface area contributed by atoms with E-state index >= 15 is 0 Å². The van der Waals surface area contributed by atoms with E-state index in [0.29, 0.717) is 28.4 Å². The molecule has 0 saturated heterocycles. The first-order valence-electron chi connectivity index (χ1n) is 8.26. The molecule has 1 heterocycles. The third-order valence-corrected chi connectivity index (χ3v) is 4.67. The smallest absolute Gasteiger partial charge is 0.259 e. The molecule has 1 aromatic heterocycles. The molecule has 2 aromatic carbocycles. The number of nitrogens with one attached hydrogen (secondary N) is 2. The van der Waals surface area contributed by atoms with Crippen LogP contribution in [0.3, 0.4) is 0 Å². The number of H-pyrrole nitrogens is 1. The van der Waals surface area contributed by atoms with E-state index in [9.17, 15) is 9.59 Å². The topological polar surface area (TPSA) is 84.1 Å². The molecule has 6 nitrogen and oxygen atoms in total. The molecule has 0 radical (unpaired) electrons. The number of para-hydroxylation sites is 1. The Balaban J connectivity index is 1.68. The van der Waals surface area contributed by atoms with Crippen molar-refractivity contribution in [2.24, 2.45) is 0 Å². The number of anilines is 1. The van der Waals surface area contributed by atoms with Crippen molar-refractivity contribution in [3.05, 3.63) is 58.9 Å². The van der Waals surface area contributed by atoms with Gasteiger partial charge in [0.05, 0.1) is 22.8 Å². The molecule has 1 atom stereocenters. The summed E-state index contributed by atoms with van der Waals surface area (Å²) < 4.78 is 5.38. The van der Waals surface area contributed by atoms with E-state index < -0.39 is 5.25 Å². The highest BCUT2D eigenvalue weighted by Crippen LogP contribution is 2.22. The van der Waals surface area contributed by atoms with Crippen LogP contribution in [0.5, 0.6) is 5.75 Å². The van der Waals surface area contributed by atoms with Crippen LogP contribution in [0.4, 0.5) is 5.69 Å². The first-order chi connectivity index (χ1) is 12.6. The summed E-state index contributed by atoms with van der Waals surface area (Å²) in [4.78, 5) is 31.6.